The van der Waals surface area contributed by atoms with Gasteiger partial charge in [-0.25, -0.2) is 0 Å². The van der Waals surface area contributed by atoms with Crippen molar-refractivity contribution < 1.29 is 9.32 Å². The molecular weight excluding hydrogens is 180 g/mol. The quantitative estimate of drug-likeness (QED) is 0.692. The van der Waals surface area contributed by atoms with Crippen molar-refractivity contribution in [3.05, 3.63) is 42.0 Å². The van der Waals surface area contributed by atoms with Crippen LogP contribution < -0.4 is 0 Å². The number of ketones is 1. The van der Waals surface area contributed by atoms with E-state index >= 15 is 0 Å². The number of Topliss-reactive ketones (excluding diaryl/α,β-unsaturated/α-hetero) is 1. The number of hydrogen-bond donors (Lipinski definition) is 0. The molecule has 0 saturated heterocycles. The molecule has 0 radical (unpaired) electrons. The van der Waals surface area contributed by atoms with Crippen LogP contribution in [0.5, 0.6) is 0 Å². The summed E-state index contributed by atoms with van der Waals surface area (Å²) in [4.78, 5) is 11.0. The number of nitrogens with zero attached hydrogens (tertiary/aromatic N) is 2. The normalized spacial score (nSPS) is 10.4. The molecule has 0 aromatic carbocycles. The number of rotatable bonds is 3. The molecule has 14 heavy (non-hydrogen) atoms. The number of aromatic nitrogens is 2. The zero-order chi connectivity index (χ0) is 9.97. The van der Waals surface area contributed by atoms with E-state index in [0.29, 0.717) is 12.1 Å². The predicted octanol–water partition coefficient (Wildman–Crippen LogP) is 1.73. The predicted molar refractivity (Wildman–Crippen MR) is 50.0 cm³/mol. The molecule has 0 amide bonds. The van der Waals surface area contributed by atoms with Gasteiger partial charge in [0.05, 0.1) is 12.7 Å². The molecular formula is C10H10N2O2. The molecule has 4 nitrogen and oxygen atoms in total. The van der Waals surface area contributed by atoms with Crippen molar-refractivity contribution >= 4 is 5.78 Å². The van der Waals surface area contributed by atoms with Gasteiger partial charge in [0.15, 0.2) is 11.5 Å². The summed E-state index contributed by atoms with van der Waals surface area (Å²) in [6, 6.07) is 3.59. The zero-order valence-electron chi connectivity index (χ0n) is 7.80. The van der Waals surface area contributed by atoms with Crippen LogP contribution in [0.25, 0.3) is 0 Å². The van der Waals surface area contributed by atoms with E-state index in [4.69, 9.17) is 4.52 Å². The molecule has 2 heterocycles. The lowest BCUT2D eigenvalue weighted by molar-refractivity contribution is 0.101. The van der Waals surface area contributed by atoms with Crippen LogP contribution >= 0.6 is 0 Å². The van der Waals surface area contributed by atoms with Crippen LogP contribution in [0, 0.1) is 0 Å². The Balaban J connectivity index is 2.14. The smallest absolute Gasteiger partial charge is 0.161 e. The second kappa shape index (κ2) is 3.49. The maximum Gasteiger partial charge on any atom is 0.161 e. The number of hydrogen-bond acceptors (Lipinski definition) is 3. The van der Waals surface area contributed by atoms with E-state index in [9.17, 15) is 4.79 Å². The minimum absolute atomic E-state index is 0.0707. The molecule has 0 aliphatic carbocycles. The lowest BCUT2D eigenvalue weighted by atomic mass is 10.2. The van der Waals surface area contributed by atoms with Gasteiger partial charge in [-0.15, -0.1) is 0 Å². The molecule has 72 valence electrons. The van der Waals surface area contributed by atoms with Gasteiger partial charge in [-0.1, -0.05) is 5.16 Å². The SMILES string of the molecule is CC(=O)c1ccn(Cc2ccno2)c1. The first kappa shape index (κ1) is 8.74. The van der Waals surface area contributed by atoms with Gasteiger partial charge in [-0.05, 0) is 13.0 Å². The average molecular weight is 190 g/mol. The van der Waals surface area contributed by atoms with E-state index in [0.717, 1.165) is 5.76 Å². The Labute approximate surface area is 81.1 Å². The standard InChI is InChI=1S/C10H10N2O2/c1-8(13)9-3-5-12(6-9)7-10-2-4-11-14-10/h2-6H,7H2,1H3. The third-order valence-corrected chi connectivity index (χ3v) is 1.99. The summed E-state index contributed by atoms with van der Waals surface area (Å²) in [5.74, 6) is 0.844. The lowest BCUT2D eigenvalue weighted by Crippen LogP contribution is -1.95. The molecule has 0 bridgehead atoms. The van der Waals surface area contributed by atoms with Gasteiger partial charge >= 0.3 is 0 Å². The van der Waals surface area contributed by atoms with Gasteiger partial charge in [0.1, 0.15) is 0 Å². The molecule has 0 aliphatic rings. The molecule has 4 heteroatoms. The molecule has 0 aliphatic heterocycles. The highest BCUT2D eigenvalue weighted by Crippen LogP contribution is 2.06. The summed E-state index contributed by atoms with van der Waals surface area (Å²) < 4.78 is 6.84. The van der Waals surface area contributed by atoms with Crippen molar-refractivity contribution in [2.24, 2.45) is 0 Å². The monoisotopic (exact) mass is 190 g/mol. The van der Waals surface area contributed by atoms with Crippen molar-refractivity contribution in [3.8, 4) is 0 Å². The van der Waals surface area contributed by atoms with Crippen LogP contribution in [0.4, 0.5) is 0 Å². The summed E-state index contributed by atoms with van der Waals surface area (Å²) in [7, 11) is 0. The van der Waals surface area contributed by atoms with E-state index in [1.807, 2.05) is 10.8 Å². The summed E-state index contributed by atoms with van der Waals surface area (Å²) in [5.41, 5.74) is 0.713. The summed E-state index contributed by atoms with van der Waals surface area (Å²) in [6.45, 7) is 2.15. The molecule has 0 spiro atoms. The Hall–Kier alpha value is -1.84. The zero-order valence-corrected chi connectivity index (χ0v) is 7.80. The summed E-state index contributed by atoms with van der Waals surface area (Å²) in [5, 5.41) is 3.60. The highest BCUT2D eigenvalue weighted by molar-refractivity contribution is 5.93. The maximum absolute atomic E-state index is 11.0. The minimum Gasteiger partial charge on any atom is -0.359 e. The van der Waals surface area contributed by atoms with Crippen LogP contribution in [0.2, 0.25) is 0 Å². The van der Waals surface area contributed by atoms with Crippen molar-refractivity contribution in [3.63, 3.8) is 0 Å². The topological polar surface area (TPSA) is 48.0 Å². The van der Waals surface area contributed by atoms with E-state index in [2.05, 4.69) is 5.16 Å². The van der Waals surface area contributed by atoms with Crippen LogP contribution in [-0.2, 0) is 6.54 Å². The second-order valence-corrected chi connectivity index (χ2v) is 3.11. The molecule has 0 atom stereocenters. The van der Waals surface area contributed by atoms with Crippen LogP contribution in [0.1, 0.15) is 23.0 Å². The van der Waals surface area contributed by atoms with Gasteiger partial charge in [0.2, 0.25) is 0 Å². The van der Waals surface area contributed by atoms with Crippen molar-refractivity contribution in [2.45, 2.75) is 13.5 Å². The Kier molecular flexibility index (Phi) is 2.18. The lowest BCUT2D eigenvalue weighted by Gasteiger charge is -1.96. The van der Waals surface area contributed by atoms with E-state index < -0.39 is 0 Å². The van der Waals surface area contributed by atoms with Crippen molar-refractivity contribution in [2.75, 3.05) is 0 Å². The van der Waals surface area contributed by atoms with Crippen LogP contribution in [0.3, 0.4) is 0 Å². The second-order valence-electron chi connectivity index (χ2n) is 3.11. The third kappa shape index (κ3) is 1.74. The fraction of sp³-hybridized carbons (Fsp3) is 0.200. The van der Waals surface area contributed by atoms with Gasteiger partial charge in [0.25, 0.3) is 0 Å². The molecule has 0 saturated carbocycles. The summed E-state index contributed by atoms with van der Waals surface area (Å²) in [6.07, 6.45) is 5.24. The highest BCUT2D eigenvalue weighted by atomic mass is 16.5. The maximum atomic E-state index is 11.0. The van der Waals surface area contributed by atoms with E-state index in [1.165, 1.54) is 0 Å². The van der Waals surface area contributed by atoms with Crippen molar-refractivity contribution in [1.29, 1.82) is 0 Å². The third-order valence-electron chi connectivity index (χ3n) is 1.99. The molecule has 0 fully saturated rings. The minimum atomic E-state index is 0.0707. The van der Waals surface area contributed by atoms with Crippen LogP contribution in [-0.4, -0.2) is 15.5 Å². The van der Waals surface area contributed by atoms with Crippen molar-refractivity contribution in [1.82, 2.24) is 9.72 Å². The largest absolute Gasteiger partial charge is 0.359 e. The average Bonchev–Trinajstić information content (AvgIpc) is 2.75. The highest BCUT2D eigenvalue weighted by Gasteiger charge is 2.03. The molecule has 2 rings (SSSR count). The molecule has 2 aromatic heterocycles. The first-order valence-corrected chi connectivity index (χ1v) is 4.32. The van der Waals surface area contributed by atoms with Gasteiger partial charge < -0.3 is 9.09 Å². The Morgan fingerprint density at radius 3 is 3.00 bits per heavy atom. The van der Waals surface area contributed by atoms with Gasteiger partial charge in [-0.3, -0.25) is 4.79 Å². The van der Waals surface area contributed by atoms with Crippen LogP contribution in [0.15, 0.2) is 35.2 Å². The Morgan fingerprint density at radius 2 is 2.43 bits per heavy atom. The number of carbonyl (C=O) groups is 1. The molecule has 2 aromatic rings. The first-order chi connectivity index (χ1) is 6.75. The molecule has 0 unspecified atom stereocenters. The fourth-order valence-corrected chi connectivity index (χ4v) is 1.25. The van der Waals surface area contributed by atoms with E-state index in [1.54, 1.807) is 31.5 Å². The fourth-order valence-electron chi connectivity index (χ4n) is 1.25. The number of carbonyl (C=O) groups excluding carboxylic acids is 1. The Morgan fingerprint density at radius 1 is 1.57 bits per heavy atom. The molecule has 0 N–H and O–H groups in total. The first-order valence-electron chi connectivity index (χ1n) is 4.32. The Bertz CT molecular complexity index is 429. The van der Waals surface area contributed by atoms with Gasteiger partial charge in [-0.2, -0.15) is 0 Å². The van der Waals surface area contributed by atoms with E-state index in [-0.39, 0.29) is 5.78 Å². The van der Waals surface area contributed by atoms with Gasteiger partial charge in [0, 0.05) is 24.0 Å². The summed E-state index contributed by atoms with van der Waals surface area (Å²) >= 11 is 0.